The van der Waals surface area contributed by atoms with E-state index < -0.39 is 27.7 Å². The van der Waals surface area contributed by atoms with Gasteiger partial charge >= 0.3 is 0 Å². The molecule has 39 heavy (non-hydrogen) atoms. The summed E-state index contributed by atoms with van der Waals surface area (Å²) in [5.41, 5.74) is 0.641. The number of H-pyrrole nitrogens is 1. The first-order chi connectivity index (χ1) is 18.6. The molecule has 3 amide bonds. The quantitative estimate of drug-likeness (QED) is 0.352. The average Bonchev–Trinajstić information content (AvgIpc) is 3.37. The van der Waals surface area contributed by atoms with Crippen LogP contribution in [0.1, 0.15) is 33.7 Å². The standard InChI is InChI=1S/C25H22Cl2N6O5S/c1-2-21(34)29-15-6-3-8-17(12-15)39(37,38)33-11-5-7-16(14-33)30-25(36)23-20(13-28-32-23)31-24(35)22-18(26)9-4-10-19(22)27/h2-4,6,8-10,12-13H,1,5,7,11,14H2,(H,28,32)(H,29,34)(H,31,35). The fourth-order valence-electron chi connectivity index (χ4n) is 3.84. The van der Waals surface area contributed by atoms with Crippen molar-refractivity contribution in [1.82, 2.24) is 14.5 Å². The summed E-state index contributed by atoms with van der Waals surface area (Å²) in [5.74, 6) is -1.86. The summed E-state index contributed by atoms with van der Waals surface area (Å²) in [7, 11) is -3.95. The lowest BCUT2D eigenvalue weighted by Crippen LogP contribution is -2.40. The number of aliphatic imine (C=N–C) groups is 1. The Morgan fingerprint density at radius 1 is 1.10 bits per heavy atom. The van der Waals surface area contributed by atoms with E-state index in [4.69, 9.17) is 23.2 Å². The molecule has 14 heteroatoms. The number of aromatic nitrogens is 2. The van der Waals surface area contributed by atoms with Crippen molar-refractivity contribution >= 4 is 68.0 Å². The van der Waals surface area contributed by atoms with Crippen molar-refractivity contribution in [3.8, 4) is 0 Å². The molecule has 3 aromatic rings. The van der Waals surface area contributed by atoms with E-state index in [2.05, 4.69) is 32.4 Å². The van der Waals surface area contributed by atoms with Gasteiger partial charge in [0.05, 0.1) is 38.9 Å². The summed E-state index contributed by atoms with van der Waals surface area (Å²) < 4.78 is 27.8. The van der Waals surface area contributed by atoms with Gasteiger partial charge in [0.1, 0.15) is 5.69 Å². The van der Waals surface area contributed by atoms with Gasteiger partial charge in [-0.25, -0.2) is 13.4 Å². The Bertz CT molecular complexity index is 1580. The van der Waals surface area contributed by atoms with Gasteiger partial charge in [0, 0.05) is 17.9 Å². The van der Waals surface area contributed by atoms with E-state index in [-0.39, 0.29) is 45.0 Å². The molecule has 11 nitrogen and oxygen atoms in total. The molecule has 0 bridgehead atoms. The van der Waals surface area contributed by atoms with Gasteiger partial charge in [-0.1, -0.05) is 41.9 Å². The zero-order valence-electron chi connectivity index (χ0n) is 20.3. The molecule has 0 radical (unpaired) electrons. The molecule has 0 aliphatic carbocycles. The van der Waals surface area contributed by atoms with E-state index in [1.807, 2.05) is 0 Å². The third kappa shape index (κ3) is 6.42. The molecule has 0 atom stereocenters. The number of amides is 3. The predicted octanol–water partition coefficient (Wildman–Crippen LogP) is 4.16. The molecule has 0 unspecified atom stereocenters. The highest BCUT2D eigenvalue weighted by atomic mass is 35.5. The van der Waals surface area contributed by atoms with E-state index in [0.717, 1.165) is 6.08 Å². The summed E-state index contributed by atoms with van der Waals surface area (Å²) in [5, 5.41) is 11.7. The minimum atomic E-state index is -3.95. The topological polar surface area (TPSA) is 154 Å². The molecule has 1 fully saturated rings. The first-order valence-corrected chi connectivity index (χ1v) is 13.7. The monoisotopic (exact) mass is 588 g/mol. The molecule has 2 aromatic carbocycles. The van der Waals surface area contributed by atoms with Crippen molar-refractivity contribution in [3.05, 3.63) is 82.6 Å². The zero-order chi connectivity index (χ0) is 28.2. The minimum Gasteiger partial charge on any atom is -0.322 e. The van der Waals surface area contributed by atoms with Crippen molar-refractivity contribution < 1.29 is 22.8 Å². The first-order valence-electron chi connectivity index (χ1n) is 11.5. The van der Waals surface area contributed by atoms with Crippen LogP contribution >= 0.6 is 23.2 Å². The first kappa shape index (κ1) is 28.2. The van der Waals surface area contributed by atoms with Gasteiger partial charge in [-0.05, 0) is 49.2 Å². The molecule has 3 N–H and O–H groups in total. The lowest BCUT2D eigenvalue weighted by Gasteiger charge is -2.27. The summed E-state index contributed by atoms with van der Waals surface area (Å²) in [6.07, 6.45) is 3.16. The second kappa shape index (κ2) is 11.9. The number of piperidine rings is 1. The predicted molar refractivity (Wildman–Crippen MR) is 148 cm³/mol. The molecule has 2 heterocycles. The van der Waals surface area contributed by atoms with Gasteiger partial charge in [0.15, 0.2) is 0 Å². The number of sulfonamides is 1. The smallest absolute Gasteiger partial charge is 0.297 e. The fraction of sp³-hybridized carbons (Fsp3) is 0.160. The Hall–Kier alpha value is -3.84. The van der Waals surface area contributed by atoms with Gasteiger partial charge in [-0.2, -0.15) is 9.40 Å². The average molecular weight is 589 g/mol. The van der Waals surface area contributed by atoms with E-state index in [0.29, 0.717) is 24.2 Å². The van der Waals surface area contributed by atoms with Gasteiger partial charge in [-0.15, -0.1) is 0 Å². The summed E-state index contributed by atoms with van der Waals surface area (Å²) in [6.45, 7) is 3.49. The molecule has 1 aliphatic heterocycles. The molecular formula is C25H22Cl2N6O5S. The SMILES string of the molecule is C=CC(=O)Nc1cccc(S(=O)(=O)N2CCCC(=NC(=O)c3[nH]ncc3NC(=O)c3c(Cl)cccc3Cl)C2)c1. The number of hydrogen-bond acceptors (Lipinski definition) is 6. The van der Waals surface area contributed by atoms with Crippen LogP contribution in [0, 0.1) is 0 Å². The van der Waals surface area contributed by atoms with Crippen LogP contribution in [0.15, 0.2) is 71.2 Å². The van der Waals surface area contributed by atoms with Crippen LogP contribution in [-0.2, 0) is 14.8 Å². The van der Waals surface area contributed by atoms with Crippen LogP contribution in [0.2, 0.25) is 10.0 Å². The molecule has 1 saturated heterocycles. The van der Waals surface area contributed by atoms with Crippen molar-refractivity contribution in [2.75, 3.05) is 23.7 Å². The third-order valence-electron chi connectivity index (χ3n) is 5.71. The number of carbonyl (C=O) groups is 3. The van der Waals surface area contributed by atoms with Crippen LogP contribution in [0.4, 0.5) is 11.4 Å². The number of nitrogens with one attached hydrogen (secondary N) is 3. The van der Waals surface area contributed by atoms with Gasteiger partial charge in [0.25, 0.3) is 11.8 Å². The molecule has 0 saturated carbocycles. The maximum Gasteiger partial charge on any atom is 0.297 e. The van der Waals surface area contributed by atoms with Crippen LogP contribution < -0.4 is 10.6 Å². The number of rotatable bonds is 7. The highest BCUT2D eigenvalue weighted by molar-refractivity contribution is 7.89. The Labute approximate surface area is 234 Å². The highest BCUT2D eigenvalue weighted by Crippen LogP contribution is 2.26. The number of anilines is 2. The van der Waals surface area contributed by atoms with E-state index in [1.54, 1.807) is 12.1 Å². The lowest BCUT2D eigenvalue weighted by atomic mass is 10.1. The van der Waals surface area contributed by atoms with Gasteiger partial charge < -0.3 is 10.6 Å². The van der Waals surface area contributed by atoms with Crippen molar-refractivity contribution in [2.45, 2.75) is 17.7 Å². The lowest BCUT2D eigenvalue weighted by molar-refractivity contribution is -0.111. The number of aromatic amines is 1. The largest absolute Gasteiger partial charge is 0.322 e. The Morgan fingerprint density at radius 3 is 2.54 bits per heavy atom. The van der Waals surface area contributed by atoms with Crippen LogP contribution in [-0.4, -0.2) is 59.4 Å². The zero-order valence-corrected chi connectivity index (χ0v) is 22.6. The molecule has 0 spiro atoms. The number of hydrogen-bond donors (Lipinski definition) is 3. The maximum atomic E-state index is 13.3. The second-order valence-electron chi connectivity index (χ2n) is 8.36. The Balaban J connectivity index is 1.51. The maximum absolute atomic E-state index is 13.3. The minimum absolute atomic E-state index is 0.0197. The summed E-state index contributed by atoms with van der Waals surface area (Å²) in [6, 6.07) is 10.4. The number of benzene rings is 2. The van der Waals surface area contributed by atoms with Crippen molar-refractivity contribution in [2.24, 2.45) is 4.99 Å². The van der Waals surface area contributed by atoms with Crippen LogP contribution in [0.25, 0.3) is 0 Å². The van der Waals surface area contributed by atoms with E-state index in [1.165, 1.54) is 40.8 Å². The van der Waals surface area contributed by atoms with E-state index in [9.17, 15) is 22.8 Å². The third-order valence-corrected chi connectivity index (χ3v) is 8.18. The number of carbonyl (C=O) groups excluding carboxylic acids is 3. The molecular weight excluding hydrogens is 567 g/mol. The number of halogens is 2. The van der Waals surface area contributed by atoms with Crippen molar-refractivity contribution in [3.63, 3.8) is 0 Å². The summed E-state index contributed by atoms with van der Waals surface area (Å²) >= 11 is 12.2. The molecule has 4 rings (SSSR count). The van der Waals surface area contributed by atoms with Crippen molar-refractivity contribution in [1.29, 1.82) is 0 Å². The van der Waals surface area contributed by atoms with Gasteiger partial charge in [0.2, 0.25) is 15.9 Å². The van der Waals surface area contributed by atoms with Crippen LogP contribution in [0.3, 0.4) is 0 Å². The summed E-state index contributed by atoms with van der Waals surface area (Å²) in [4.78, 5) is 41.4. The van der Waals surface area contributed by atoms with E-state index >= 15 is 0 Å². The molecule has 1 aromatic heterocycles. The van der Waals surface area contributed by atoms with Gasteiger partial charge in [-0.3, -0.25) is 19.5 Å². The number of nitrogens with zero attached hydrogens (tertiary/aromatic N) is 3. The Kier molecular flexibility index (Phi) is 8.60. The second-order valence-corrected chi connectivity index (χ2v) is 11.1. The molecule has 1 aliphatic rings. The fourth-order valence-corrected chi connectivity index (χ4v) is 5.92. The normalized spacial score (nSPS) is 15.1. The Morgan fingerprint density at radius 2 is 1.82 bits per heavy atom. The molecule has 202 valence electrons. The highest BCUT2D eigenvalue weighted by Gasteiger charge is 2.29. The van der Waals surface area contributed by atoms with Crippen LogP contribution in [0.5, 0.6) is 0 Å².